The number of benzene rings is 3. The monoisotopic (exact) mass is 410 g/mol. The maximum atomic E-state index is 13.3. The molecule has 154 valence electrons. The zero-order valence-electron chi connectivity index (χ0n) is 17.2. The predicted octanol–water partition coefficient (Wildman–Crippen LogP) is 5.46. The number of non-ortho nitro benzene ring substituents is 1. The van der Waals surface area contributed by atoms with Crippen molar-refractivity contribution in [2.75, 3.05) is 18.0 Å². The Morgan fingerprint density at radius 2 is 1.32 bits per heavy atom. The molecular weight excluding hydrogens is 388 g/mol. The molecular formula is C26H22N2O3. The number of anilines is 1. The highest BCUT2D eigenvalue weighted by atomic mass is 16.6. The lowest BCUT2D eigenvalue weighted by Crippen LogP contribution is -2.37. The number of carbonyl (C=O) groups excluding carboxylic acids is 1. The lowest BCUT2D eigenvalue weighted by atomic mass is 9.93. The lowest BCUT2D eigenvalue weighted by Gasteiger charge is -2.31. The average Bonchev–Trinajstić information content (AvgIpc) is 2.79. The molecule has 0 aliphatic carbocycles. The number of nitrogens with zero attached hydrogens (tertiary/aromatic N) is 2. The van der Waals surface area contributed by atoms with Crippen LogP contribution in [-0.4, -0.2) is 23.8 Å². The molecule has 0 amide bonds. The first-order valence-corrected chi connectivity index (χ1v) is 10.1. The summed E-state index contributed by atoms with van der Waals surface area (Å²) in [6, 6.07) is 24.3. The summed E-state index contributed by atoms with van der Waals surface area (Å²) in [5.41, 5.74) is 5.36. The maximum Gasteiger partial charge on any atom is 0.269 e. The van der Waals surface area contributed by atoms with Gasteiger partial charge in [0.2, 0.25) is 0 Å². The Kier molecular flexibility index (Phi) is 5.76. The fraction of sp³-hybridized carbons (Fsp3) is 0.115. The molecule has 0 spiro atoms. The Hall–Kier alpha value is -3.99. The third-order valence-electron chi connectivity index (χ3n) is 5.29. The van der Waals surface area contributed by atoms with Crippen LogP contribution in [0.15, 0.2) is 90.0 Å². The van der Waals surface area contributed by atoms with Crippen molar-refractivity contribution in [3.8, 4) is 0 Å². The van der Waals surface area contributed by atoms with E-state index < -0.39 is 4.92 Å². The van der Waals surface area contributed by atoms with Gasteiger partial charge in [-0.1, -0.05) is 48.0 Å². The number of hydrogen-bond acceptors (Lipinski definition) is 4. The minimum absolute atomic E-state index is 0.00566. The van der Waals surface area contributed by atoms with E-state index in [1.54, 1.807) is 12.1 Å². The van der Waals surface area contributed by atoms with Crippen LogP contribution in [0.3, 0.4) is 0 Å². The molecule has 0 aromatic heterocycles. The third-order valence-corrected chi connectivity index (χ3v) is 5.29. The molecule has 1 saturated heterocycles. The van der Waals surface area contributed by atoms with Gasteiger partial charge in [0.25, 0.3) is 5.69 Å². The molecule has 0 radical (unpaired) electrons. The van der Waals surface area contributed by atoms with E-state index in [-0.39, 0.29) is 11.5 Å². The van der Waals surface area contributed by atoms with Gasteiger partial charge in [-0.25, -0.2) is 0 Å². The van der Waals surface area contributed by atoms with Crippen molar-refractivity contribution in [3.63, 3.8) is 0 Å². The van der Waals surface area contributed by atoms with Crippen molar-refractivity contribution in [1.29, 1.82) is 0 Å². The van der Waals surface area contributed by atoms with Gasteiger partial charge >= 0.3 is 0 Å². The quantitative estimate of drug-likeness (QED) is 0.325. The van der Waals surface area contributed by atoms with Gasteiger partial charge in [0, 0.05) is 42.1 Å². The van der Waals surface area contributed by atoms with Gasteiger partial charge in [-0.3, -0.25) is 14.9 Å². The summed E-state index contributed by atoms with van der Waals surface area (Å²) in [6.45, 7) is 3.03. The average molecular weight is 410 g/mol. The molecule has 1 aliphatic rings. The van der Waals surface area contributed by atoms with E-state index in [0.717, 1.165) is 16.8 Å². The van der Waals surface area contributed by atoms with E-state index in [2.05, 4.69) is 4.90 Å². The largest absolute Gasteiger partial charge is 0.363 e. The highest BCUT2D eigenvalue weighted by molar-refractivity contribution is 6.15. The van der Waals surface area contributed by atoms with E-state index in [1.807, 2.05) is 73.7 Å². The zero-order chi connectivity index (χ0) is 21.8. The Balaban J connectivity index is 1.71. The van der Waals surface area contributed by atoms with E-state index >= 15 is 0 Å². The minimum Gasteiger partial charge on any atom is -0.363 e. The fourth-order valence-corrected chi connectivity index (χ4v) is 3.62. The van der Waals surface area contributed by atoms with Gasteiger partial charge in [-0.2, -0.15) is 0 Å². The van der Waals surface area contributed by atoms with Crippen molar-refractivity contribution < 1.29 is 9.72 Å². The summed E-state index contributed by atoms with van der Waals surface area (Å²) < 4.78 is 0. The van der Waals surface area contributed by atoms with E-state index in [9.17, 15) is 14.9 Å². The molecule has 1 heterocycles. The SMILES string of the molecule is Cc1ccc(/C=C2\CN(c3ccccc3)C/C(=C\c3ccc([N+](=O)[O-])cc3)C2=O)cc1. The molecule has 3 aromatic carbocycles. The van der Waals surface area contributed by atoms with Crippen LogP contribution in [0.5, 0.6) is 0 Å². The number of rotatable bonds is 4. The van der Waals surface area contributed by atoms with E-state index in [0.29, 0.717) is 24.2 Å². The molecule has 0 unspecified atom stereocenters. The van der Waals surface area contributed by atoms with E-state index in [1.165, 1.54) is 17.7 Å². The molecule has 1 fully saturated rings. The predicted molar refractivity (Wildman–Crippen MR) is 124 cm³/mol. The van der Waals surface area contributed by atoms with Gasteiger partial charge in [-0.15, -0.1) is 0 Å². The number of carbonyl (C=O) groups is 1. The van der Waals surface area contributed by atoms with Crippen LogP contribution < -0.4 is 4.90 Å². The molecule has 0 bridgehead atoms. The number of para-hydroxylation sites is 1. The second-order valence-electron chi connectivity index (χ2n) is 7.62. The number of nitro groups is 1. The smallest absolute Gasteiger partial charge is 0.269 e. The number of aryl methyl sites for hydroxylation is 1. The fourth-order valence-electron chi connectivity index (χ4n) is 3.62. The van der Waals surface area contributed by atoms with Gasteiger partial charge < -0.3 is 4.90 Å². The third kappa shape index (κ3) is 4.78. The molecule has 5 nitrogen and oxygen atoms in total. The van der Waals surface area contributed by atoms with Gasteiger partial charge in [0.1, 0.15) is 0 Å². The normalized spacial score (nSPS) is 16.7. The molecule has 1 aliphatic heterocycles. The molecule has 0 N–H and O–H groups in total. The van der Waals surface area contributed by atoms with Crippen molar-refractivity contribution in [2.45, 2.75) is 6.92 Å². The van der Waals surface area contributed by atoms with Crippen molar-refractivity contribution in [1.82, 2.24) is 0 Å². The van der Waals surface area contributed by atoms with Gasteiger partial charge in [-0.05, 0) is 54.5 Å². The van der Waals surface area contributed by atoms with Gasteiger partial charge in [0.15, 0.2) is 5.78 Å². The number of nitro benzene ring substituents is 1. The Labute approximate surface area is 181 Å². The summed E-state index contributed by atoms with van der Waals surface area (Å²) >= 11 is 0. The molecule has 0 saturated carbocycles. The first-order valence-electron chi connectivity index (χ1n) is 10.1. The van der Waals surface area contributed by atoms with E-state index in [4.69, 9.17) is 0 Å². The Morgan fingerprint density at radius 3 is 1.84 bits per heavy atom. The molecule has 31 heavy (non-hydrogen) atoms. The summed E-state index contributed by atoms with van der Waals surface area (Å²) in [7, 11) is 0. The van der Waals surface area contributed by atoms with Crippen LogP contribution in [0.25, 0.3) is 12.2 Å². The first-order chi connectivity index (χ1) is 15.0. The summed E-state index contributed by atoms with van der Waals surface area (Å²) in [5.74, 6) is 0.00566. The number of hydrogen-bond donors (Lipinski definition) is 0. The van der Waals surface area contributed by atoms with Crippen molar-refractivity contribution in [3.05, 3.63) is 117 Å². The summed E-state index contributed by atoms with van der Waals surface area (Å²) in [5, 5.41) is 10.9. The van der Waals surface area contributed by atoms with Crippen molar-refractivity contribution in [2.24, 2.45) is 0 Å². The number of Topliss-reactive ketones (excluding diaryl/α,β-unsaturated/α-hetero) is 1. The number of piperidine rings is 1. The Morgan fingerprint density at radius 1 is 0.806 bits per heavy atom. The summed E-state index contributed by atoms with van der Waals surface area (Å²) in [6.07, 6.45) is 3.77. The second kappa shape index (κ2) is 8.79. The lowest BCUT2D eigenvalue weighted by molar-refractivity contribution is -0.384. The molecule has 0 atom stereocenters. The van der Waals surface area contributed by atoms with Crippen LogP contribution in [0.4, 0.5) is 11.4 Å². The van der Waals surface area contributed by atoms with Crippen LogP contribution in [-0.2, 0) is 4.79 Å². The molecule has 3 aromatic rings. The zero-order valence-corrected chi connectivity index (χ0v) is 17.2. The van der Waals surface area contributed by atoms with Crippen LogP contribution in [0, 0.1) is 17.0 Å². The summed E-state index contributed by atoms with van der Waals surface area (Å²) in [4.78, 5) is 25.9. The topological polar surface area (TPSA) is 63.4 Å². The molecule has 5 heteroatoms. The highest BCUT2D eigenvalue weighted by Gasteiger charge is 2.26. The van der Waals surface area contributed by atoms with Crippen molar-refractivity contribution >= 4 is 29.3 Å². The maximum absolute atomic E-state index is 13.3. The van der Waals surface area contributed by atoms with Crippen LogP contribution >= 0.6 is 0 Å². The Bertz CT molecular complexity index is 1160. The molecule has 4 rings (SSSR count). The minimum atomic E-state index is -0.428. The standard InChI is InChI=1S/C26H22N2O3/c1-19-7-9-20(10-8-19)15-22-17-27(24-5-3-2-4-6-24)18-23(26(22)29)16-21-11-13-25(14-12-21)28(30)31/h2-16H,17-18H2,1H3/b22-15+,23-16+. The van der Waals surface area contributed by atoms with Crippen LogP contribution in [0.1, 0.15) is 16.7 Å². The van der Waals surface area contributed by atoms with Crippen LogP contribution in [0.2, 0.25) is 0 Å². The van der Waals surface area contributed by atoms with Gasteiger partial charge in [0.05, 0.1) is 4.92 Å². The number of ketones is 1. The second-order valence-corrected chi connectivity index (χ2v) is 7.62. The highest BCUT2D eigenvalue weighted by Crippen LogP contribution is 2.27. The first kappa shape index (κ1) is 20.3.